The molecule has 0 bridgehead atoms. The van der Waals surface area contributed by atoms with Crippen LogP contribution in [0.25, 0.3) is 0 Å². The molecule has 0 aliphatic rings. The highest BCUT2D eigenvalue weighted by molar-refractivity contribution is 5.48. The van der Waals surface area contributed by atoms with Gasteiger partial charge in [-0.1, -0.05) is 0 Å². The van der Waals surface area contributed by atoms with Crippen LogP contribution in [0, 0.1) is 10.1 Å². The molecule has 0 aromatic carbocycles. The van der Waals surface area contributed by atoms with Crippen LogP contribution in [0.5, 0.6) is 5.88 Å². The second-order valence-electron chi connectivity index (χ2n) is 2.74. The van der Waals surface area contributed by atoms with E-state index in [-0.39, 0.29) is 11.6 Å². The molecule has 1 N–H and O–H groups in total. The van der Waals surface area contributed by atoms with Crippen molar-refractivity contribution in [3.63, 3.8) is 0 Å². The van der Waals surface area contributed by atoms with Crippen LogP contribution in [-0.4, -0.2) is 23.1 Å². The van der Waals surface area contributed by atoms with Crippen molar-refractivity contribution in [1.82, 2.24) is 4.98 Å². The van der Waals surface area contributed by atoms with Crippen molar-refractivity contribution < 1.29 is 9.66 Å². The molecule has 82 valence electrons. The predicted octanol–water partition coefficient (Wildman–Crippen LogP) is 1.82. The molecule has 15 heavy (non-hydrogen) atoms. The molecule has 0 spiro atoms. The molecule has 0 aliphatic carbocycles. The van der Waals surface area contributed by atoms with E-state index in [0.717, 1.165) is 0 Å². The Kier molecular flexibility index (Phi) is 3.84. The number of ether oxygens (including phenoxy) is 1. The van der Waals surface area contributed by atoms with Gasteiger partial charge in [0.25, 0.3) is 5.88 Å². The number of aromatic nitrogens is 1. The molecule has 0 atom stereocenters. The van der Waals surface area contributed by atoms with E-state index in [1.165, 1.54) is 6.07 Å². The van der Waals surface area contributed by atoms with Crippen LogP contribution in [0.4, 0.5) is 11.5 Å². The molecule has 0 saturated heterocycles. The number of hydrogen-bond donors (Lipinski definition) is 1. The number of anilines is 1. The summed E-state index contributed by atoms with van der Waals surface area (Å²) >= 11 is 0. The largest absolute Gasteiger partial charge is 0.473 e. The quantitative estimate of drug-likeness (QED) is 0.593. The normalized spacial score (nSPS) is 9.73. The Morgan fingerprint density at radius 2 is 2.27 bits per heavy atom. The number of rotatable bonds is 5. The molecule has 1 heterocycles. The first-order chi connectivity index (χ1) is 7.19. The second-order valence-corrected chi connectivity index (χ2v) is 2.74. The Balaban J connectivity index is 3.03. The van der Waals surface area contributed by atoms with Crippen molar-refractivity contribution in [1.29, 1.82) is 0 Å². The Morgan fingerprint density at radius 3 is 2.80 bits per heavy atom. The number of hydrogen-bond acceptors (Lipinski definition) is 5. The van der Waals surface area contributed by atoms with Crippen molar-refractivity contribution >= 4 is 11.5 Å². The molecule has 1 aromatic heterocycles. The molecule has 0 saturated carbocycles. The summed E-state index contributed by atoms with van der Waals surface area (Å²) in [5.74, 6) is 0.632. The van der Waals surface area contributed by atoms with E-state index in [2.05, 4.69) is 10.3 Å². The summed E-state index contributed by atoms with van der Waals surface area (Å²) in [6, 6.07) is 2.94. The Bertz CT molecular complexity index is 354. The van der Waals surface area contributed by atoms with Gasteiger partial charge >= 0.3 is 5.69 Å². The highest BCUT2D eigenvalue weighted by Gasteiger charge is 2.16. The van der Waals surface area contributed by atoms with E-state index in [9.17, 15) is 10.1 Å². The third-order valence-electron chi connectivity index (χ3n) is 1.68. The SMILES string of the molecule is CCNc1ccc([N+](=O)[O-])c(OCC)n1. The van der Waals surface area contributed by atoms with E-state index in [4.69, 9.17) is 4.74 Å². The van der Waals surface area contributed by atoms with E-state index in [1.54, 1.807) is 13.0 Å². The maximum Gasteiger partial charge on any atom is 0.331 e. The number of pyridine rings is 1. The van der Waals surface area contributed by atoms with Crippen LogP contribution in [0.3, 0.4) is 0 Å². The lowest BCUT2D eigenvalue weighted by molar-refractivity contribution is -0.386. The van der Waals surface area contributed by atoms with Crippen LogP contribution in [0.2, 0.25) is 0 Å². The van der Waals surface area contributed by atoms with Gasteiger partial charge < -0.3 is 10.1 Å². The molecule has 0 unspecified atom stereocenters. The Hall–Kier alpha value is -1.85. The molecular weight excluding hydrogens is 198 g/mol. The van der Waals surface area contributed by atoms with E-state index < -0.39 is 4.92 Å². The van der Waals surface area contributed by atoms with Gasteiger partial charge in [-0.2, -0.15) is 4.98 Å². The maximum atomic E-state index is 10.6. The van der Waals surface area contributed by atoms with Crippen molar-refractivity contribution in [3.8, 4) is 5.88 Å². The van der Waals surface area contributed by atoms with Gasteiger partial charge in [-0.15, -0.1) is 0 Å². The van der Waals surface area contributed by atoms with Crippen molar-refractivity contribution in [2.45, 2.75) is 13.8 Å². The van der Waals surface area contributed by atoms with E-state index in [1.807, 2.05) is 6.92 Å². The fourth-order valence-corrected chi connectivity index (χ4v) is 1.09. The van der Waals surface area contributed by atoms with Crippen molar-refractivity contribution in [3.05, 3.63) is 22.2 Å². The fourth-order valence-electron chi connectivity index (χ4n) is 1.09. The summed E-state index contributed by atoms with van der Waals surface area (Å²) in [6.45, 7) is 4.73. The maximum absolute atomic E-state index is 10.6. The Labute approximate surface area is 87.4 Å². The van der Waals surface area contributed by atoms with Crippen LogP contribution in [0.15, 0.2) is 12.1 Å². The number of nitro groups is 1. The first-order valence-electron chi connectivity index (χ1n) is 4.71. The molecule has 0 radical (unpaired) electrons. The molecule has 0 aliphatic heterocycles. The van der Waals surface area contributed by atoms with Gasteiger partial charge in [0.2, 0.25) is 0 Å². The van der Waals surface area contributed by atoms with Crippen molar-refractivity contribution in [2.24, 2.45) is 0 Å². The van der Waals surface area contributed by atoms with Gasteiger partial charge in [0.05, 0.1) is 11.5 Å². The first kappa shape index (κ1) is 11.2. The summed E-state index contributed by atoms with van der Waals surface area (Å²) in [5, 5.41) is 13.6. The Morgan fingerprint density at radius 1 is 1.53 bits per heavy atom. The molecular formula is C9H13N3O3. The van der Waals surface area contributed by atoms with Gasteiger partial charge in [-0.05, 0) is 19.9 Å². The summed E-state index contributed by atoms with van der Waals surface area (Å²) in [6.07, 6.45) is 0. The van der Waals surface area contributed by atoms with Gasteiger partial charge in [0.1, 0.15) is 5.82 Å². The average Bonchev–Trinajstić information content (AvgIpc) is 2.18. The van der Waals surface area contributed by atoms with Crippen LogP contribution >= 0.6 is 0 Å². The first-order valence-corrected chi connectivity index (χ1v) is 4.71. The zero-order valence-corrected chi connectivity index (χ0v) is 8.69. The third kappa shape index (κ3) is 2.80. The molecule has 0 amide bonds. The molecule has 0 fully saturated rings. The second kappa shape index (κ2) is 5.14. The number of nitrogens with zero attached hydrogens (tertiary/aromatic N) is 2. The van der Waals surface area contributed by atoms with Crippen LogP contribution in [-0.2, 0) is 0 Å². The molecule has 1 aromatic rings. The van der Waals surface area contributed by atoms with Crippen LogP contribution in [0.1, 0.15) is 13.8 Å². The molecule has 1 rings (SSSR count). The highest BCUT2D eigenvalue weighted by atomic mass is 16.6. The smallest absolute Gasteiger partial charge is 0.331 e. The lowest BCUT2D eigenvalue weighted by Gasteiger charge is -2.06. The average molecular weight is 211 g/mol. The monoisotopic (exact) mass is 211 g/mol. The topological polar surface area (TPSA) is 77.3 Å². The minimum absolute atomic E-state index is 0.0564. The van der Waals surface area contributed by atoms with E-state index in [0.29, 0.717) is 19.0 Å². The fraction of sp³-hybridized carbons (Fsp3) is 0.444. The summed E-state index contributed by atoms with van der Waals surface area (Å²) in [4.78, 5) is 14.1. The number of nitrogens with one attached hydrogen (secondary N) is 1. The zero-order chi connectivity index (χ0) is 11.3. The van der Waals surface area contributed by atoms with Crippen LogP contribution < -0.4 is 10.1 Å². The zero-order valence-electron chi connectivity index (χ0n) is 8.69. The van der Waals surface area contributed by atoms with E-state index >= 15 is 0 Å². The van der Waals surface area contributed by atoms with Gasteiger partial charge in [0, 0.05) is 12.6 Å². The summed E-state index contributed by atoms with van der Waals surface area (Å²) < 4.78 is 5.09. The van der Waals surface area contributed by atoms with Gasteiger partial charge in [-0.3, -0.25) is 10.1 Å². The standard InChI is InChI=1S/C9H13N3O3/c1-3-10-8-6-5-7(12(13)14)9(11-8)15-4-2/h5-6H,3-4H2,1-2H3,(H,10,11). The van der Waals surface area contributed by atoms with Gasteiger partial charge in [-0.25, -0.2) is 0 Å². The lowest BCUT2D eigenvalue weighted by Crippen LogP contribution is -2.04. The van der Waals surface area contributed by atoms with Gasteiger partial charge in [0.15, 0.2) is 0 Å². The lowest BCUT2D eigenvalue weighted by atomic mass is 10.4. The minimum Gasteiger partial charge on any atom is -0.473 e. The minimum atomic E-state index is -0.506. The summed E-state index contributed by atoms with van der Waals surface area (Å²) in [7, 11) is 0. The van der Waals surface area contributed by atoms with Crippen molar-refractivity contribution in [2.75, 3.05) is 18.5 Å². The highest BCUT2D eigenvalue weighted by Crippen LogP contribution is 2.25. The third-order valence-corrected chi connectivity index (χ3v) is 1.68. The predicted molar refractivity (Wildman–Crippen MR) is 56.2 cm³/mol. The summed E-state index contributed by atoms with van der Waals surface area (Å²) in [5.41, 5.74) is -0.112. The molecule has 6 nitrogen and oxygen atoms in total. The molecule has 6 heteroatoms.